The lowest BCUT2D eigenvalue weighted by atomic mass is 10.2. The molecule has 0 N–H and O–H groups in total. The van der Waals surface area contributed by atoms with Crippen LogP contribution in [-0.4, -0.2) is 0 Å². The van der Waals surface area contributed by atoms with Crippen LogP contribution in [0.4, 0.5) is 0 Å². The molecule has 40 valence electrons. The van der Waals surface area contributed by atoms with Crippen LogP contribution in [0.3, 0.4) is 0 Å². The van der Waals surface area contributed by atoms with Gasteiger partial charge in [-0.05, 0) is 30.8 Å². The maximum atomic E-state index is 6.96. The van der Waals surface area contributed by atoms with Gasteiger partial charge in [0.05, 0.1) is 0 Å². The van der Waals surface area contributed by atoms with Gasteiger partial charge in [0.15, 0.2) is 0 Å². The van der Waals surface area contributed by atoms with Gasteiger partial charge in [0.2, 0.25) is 0 Å². The zero-order valence-electron chi connectivity index (χ0n) is 4.67. The van der Waals surface area contributed by atoms with Gasteiger partial charge in [-0.3, -0.25) is 0 Å². The first-order valence-electron chi connectivity index (χ1n) is 3.11. The van der Waals surface area contributed by atoms with Crippen LogP contribution in [0.25, 0.3) is 0 Å². The van der Waals surface area contributed by atoms with E-state index in [9.17, 15) is 0 Å². The Morgan fingerprint density at radius 2 is 2.50 bits per heavy atom. The second-order valence-electron chi connectivity index (χ2n) is 2.65. The summed E-state index contributed by atoms with van der Waals surface area (Å²) >= 11 is 0. The Bertz CT molecular complexity index is 140. The van der Waals surface area contributed by atoms with E-state index in [-0.39, 0.29) is 0 Å². The van der Waals surface area contributed by atoms with E-state index in [2.05, 4.69) is 12.2 Å². The molecule has 3 atom stereocenters. The molecule has 1 fully saturated rings. The van der Waals surface area contributed by atoms with Gasteiger partial charge in [-0.2, -0.15) is 0 Å². The molecule has 1 saturated carbocycles. The molecule has 0 amide bonds. The topological polar surface area (TPSA) is 0 Å². The van der Waals surface area contributed by atoms with Gasteiger partial charge in [0.1, 0.15) is 0 Å². The van der Waals surface area contributed by atoms with Crippen molar-refractivity contribution in [3.63, 3.8) is 0 Å². The molecular weight excluding hydrogens is 96.1 g/mol. The van der Waals surface area contributed by atoms with Crippen LogP contribution in [-0.2, 0) is 0 Å². The second-order valence-corrected chi connectivity index (χ2v) is 2.65. The van der Waals surface area contributed by atoms with Crippen LogP contribution in [0.2, 0.25) is 0 Å². The lowest BCUT2D eigenvalue weighted by Crippen LogP contribution is -1.73. The Kier molecular flexibility index (Phi) is 0.682. The third-order valence-electron chi connectivity index (χ3n) is 2.25. The van der Waals surface area contributed by atoms with Crippen molar-refractivity contribution in [1.29, 1.82) is 0 Å². The molecule has 2 aliphatic rings. The number of hydrogen-bond donors (Lipinski definition) is 0. The van der Waals surface area contributed by atoms with Crippen molar-refractivity contribution < 1.29 is 0 Å². The quantitative estimate of drug-likeness (QED) is 0.444. The summed E-state index contributed by atoms with van der Waals surface area (Å²) in [5.74, 6) is 2.24. The van der Waals surface area contributed by atoms with Gasteiger partial charge in [-0.15, -0.1) is 0 Å². The molecule has 2 radical (unpaired) electrons. The van der Waals surface area contributed by atoms with Gasteiger partial charge in [-0.1, -0.05) is 18.2 Å². The van der Waals surface area contributed by atoms with Gasteiger partial charge < -0.3 is 0 Å². The van der Waals surface area contributed by atoms with E-state index in [0.717, 1.165) is 11.8 Å². The molecule has 0 aliphatic heterocycles. The first-order chi connectivity index (χ1) is 3.93. The second kappa shape index (κ2) is 1.25. The summed E-state index contributed by atoms with van der Waals surface area (Å²) in [4.78, 5) is 0. The van der Waals surface area contributed by atoms with Crippen LogP contribution in [0, 0.1) is 24.3 Å². The van der Waals surface area contributed by atoms with Crippen molar-refractivity contribution >= 4 is 0 Å². The molecule has 0 aromatic heterocycles. The molecular formula is C8H8. The average molecular weight is 104 g/mol. The fourth-order valence-corrected chi connectivity index (χ4v) is 1.64. The minimum Gasteiger partial charge on any atom is -0.0879 e. The summed E-state index contributed by atoms with van der Waals surface area (Å²) in [6.45, 7) is 6.96. The van der Waals surface area contributed by atoms with Crippen molar-refractivity contribution in [2.24, 2.45) is 17.8 Å². The Hall–Kier alpha value is -0.520. The number of hydrogen-bond acceptors (Lipinski definition) is 0. The van der Waals surface area contributed by atoms with Crippen LogP contribution >= 0.6 is 0 Å². The van der Waals surface area contributed by atoms with Crippen LogP contribution in [0.1, 0.15) is 6.42 Å². The molecule has 2 rings (SSSR count). The molecule has 0 aromatic carbocycles. The van der Waals surface area contributed by atoms with Crippen LogP contribution in [0.15, 0.2) is 18.2 Å². The number of allylic oxidation sites excluding steroid dienone is 3. The zero-order chi connectivity index (χ0) is 5.56. The lowest BCUT2D eigenvalue weighted by molar-refractivity contribution is 0.814. The highest BCUT2D eigenvalue weighted by Crippen LogP contribution is 2.54. The van der Waals surface area contributed by atoms with E-state index in [1.54, 1.807) is 6.08 Å². The van der Waals surface area contributed by atoms with Crippen molar-refractivity contribution in [2.45, 2.75) is 6.42 Å². The summed E-state index contributed by atoms with van der Waals surface area (Å²) < 4.78 is 0. The smallest absolute Gasteiger partial charge is 0.0121 e. The van der Waals surface area contributed by atoms with E-state index < -0.39 is 0 Å². The highest BCUT2D eigenvalue weighted by Gasteiger charge is 2.47. The minimum absolute atomic E-state index is 0.625. The fourth-order valence-electron chi connectivity index (χ4n) is 1.64. The maximum absolute atomic E-state index is 6.96. The van der Waals surface area contributed by atoms with Gasteiger partial charge in [-0.25, -0.2) is 0 Å². The Labute approximate surface area is 49.9 Å². The average Bonchev–Trinajstić information content (AvgIpc) is 2.22. The predicted octanol–water partition coefficient (Wildman–Crippen LogP) is 1.67. The largest absolute Gasteiger partial charge is 0.0879 e. The molecule has 0 heterocycles. The molecule has 0 spiro atoms. The van der Waals surface area contributed by atoms with Crippen LogP contribution in [0.5, 0.6) is 0 Å². The van der Waals surface area contributed by atoms with Crippen molar-refractivity contribution in [3.8, 4) is 0 Å². The fraction of sp³-hybridized carbons (Fsp3) is 0.500. The first kappa shape index (κ1) is 4.37. The van der Waals surface area contributed by atoms with E-state index >= 15 is 0 Å². The molecule has 0 heteroatoms. The molecule has 8 heavy (non-hydrogen) atoms. The highest BCUT2D eigenvalue weighted by atomic mass is 14.5. The maximum Gasteiger partial charge on any atom is -0.0121 e. The third-order valence-corrected chi connectivity index (χ3v) is 2.25. The third kappa shape index (κ3) is 0.360. The summed E-state index contributed by atoms with van der Waals surface area (Å²) in [7, 11) is 0. The number of rotatable bonds is 1. The van der Waals surface area contributed by atoms with Gasteiger partial charge in [0.25, 0.3) is 0 Å². The SMILES string of the molecule is [C]=CC1C2C=CCC12. The summed E-state index contributed by atoms with van der Waals surface area (Å²) in [6, 6.07) is 0. The summed E-state index contributed by atoms with van der Waals surface area (Å²) in [6.07, 6.45) is 7.30. The Morgan fingerprint density at radius 1 is 1.62 bits per heavy atom. The molecule has 0 bridgehead atoms. The molecule has 2 aliphatic carbocycles. The standard InChI is InChI=1S/C8H8/c1-2-6-7-4-3-5-8(6)7/h2-4,6-8H,5H2. The van der Waals surface area contributed by atoms with Crippen LogP contribution < -0.4 is 0 Å². The Balaban J connectivity index is 2.12. The molecule has 0 aromatic rings. The van der Waals surface area contributed by atoms with E-state index in [1.165, 1.54) is 6.42 Å². The van der Waals surface area contributed by atoms with E-state index in [4.69, 9.17) is 6.58 Å². The highest BCUT2D eigenvalue weighted by molar-refractivity contribution is 5.20. The lowest BCUT2D eigenvalue weighted by Gasteiger charge is -1.84. The number of fused-ring (bicyclic) bond motifs is 1. The first-order valence-corrected chi connectivity index (χ1v) is 3.11. The predicted molar refractivity (Wildman–Crippen MR) is 32.0 cm³/mol. The molecule has 3 unspecified atom stereocenters. The Morgan fingerprint density at radius 3 is 2.88 bits per heavy atom. The minimum atomic E-state index is 0.625. The zero-order valence-corrected chi connectivity index (χ0v) is 4.67. The normalized spacial score (nSPS) is 48.8. The molecule has 0 nitrogen and oxygen atoms in total. The van der Waals surface area contributed by atoms with Crippen molar-refractivity contribution in [1.82, 2.24) is 0 Å². The van der Waals surface area contributed by atoms with Gasteiger partial charge in [0, 0.05) is 0 Å². The monoisotopic (exact) mass is 104 g/mol. The van der Waals surface area contributed by atoms with Crippen molar-refractivity contribution in [2.75, 3.05) is 0 Å². The van der Waals surface area contributed by atoms with Gasteiger partial charge >= 0.3 is 0 Å². The van der Waals surface area contributed by atoms with Crippen molar-refractivity contribution in [3.05, 3.63) is 24.8 Å². The molecule has 0 saturated heterocycles. The summed E-state index contributed by atoms with van der Waals surface area (Å²) in [5.41, 5.74) is 0. The van der Waals surface area contributed by atoms with E-state index in [0.29, 0.717) is 5.92 Å². The van der Waals surface area contributed by atoms with E-state index in [1.807, 2.05) is 0 Å². The summed E-state index contributed by atoms with van der Waals surface area (Å²) in [5, 5.41) is 0.